The first-order valence-corrected chi connectivity index (χ1v) is 5.21. The highest BCUT2D eigenvalue weighted by molar-refractivity contribution is 6.19. The molecule has 1 saturated heterocycles. The third-order valence-electron chi connectivity index (χ3n) is 2.42. The maximum atomic E-state index is 11.4. The summed E-state index contributed by atoms with van der Waals surface area (Å²) in [7, 11) is 1.74. The molecule has 0 aromatic heterocycles. The lowest BCUT2D eigenvalue weighted by atomic mass is 10.1. The van der Waals surface area contributed by atoms with Crippen molar-refractivity contribution in [3.8, 4) is 0 Å². The summed E-state index contributed by atoms with van der Waals surface area (Å²) in [6, 6.07) is -0.349. The zero-order valence-electron chi connectivity index (χ0n) is 8.42. The van der Waals surface area contributed by atoms with E-state index in [1.54, 1.807) is 18.9 Å². The maximum absolute atomic E-state index is 11.4. The van der Waals surface area contributed by atoms with Crippen LogP contribution in [0.4, 0.5) is 0 Å². The molecular formula is C9H15ClN2O2. The Bertz CT molecular complexity index is 245. The van der Waals surface area contributed by atoms with Crippen LogP contribution in [0.25, 0.3) is 0 Å². The van der Waals surface area contributed by atoms with E-state index in [-0.39, 0.29) is 29.7 Å². The number of hydrogen-bond acceptors (Lipinski definition) is 2. The van der Waals surface area contributed by atoms with Crippen LogP contribution in [-0.4, -0.2) is 42.2 Å². The Morgan fingerprint density at radius 1 is 1.79 bits per heavy atom. The van der Waals surface area contributed by atoms with Crippen molar-refractivity contribution in [1.29, 1.82) is 0 Å². The van der Waals surface area contributed by atoms with E-state index in [1.165, 1.54) is 0 Å². The quantitative estimate of drug-likeness (QED) is 0.689. The molecule has 0 aliphatic carbocycles. The monoisotopic (exact) mass is 218 g/mol. The van der Waals surface area contributed by atoms with Crippen LogP contribution in [0.2, 0.25) is 0 Å². The molecule has 1 N–H and O–H groups in total. The van der Waals surface area contributed by atoms with E-state index in [1.807, 2.05) is 0 Å². The number of carbonyl (C=O) groups is 2. The lowest BCUT2D eigenvalue weighted by Crippen LogP contribution is -2.43. The minimum Gasteiger partial charge on any atom is -0.344 e. The topological polar surface area (TPSA) is 49.4 Å². The molecule has 2 atom stereocenters. The van der Waals surface area contributed by atoms with Crippen molar-refractivity contribution < 1.29 is 9.59 Å². The number of alkyl halides is 1. The minimum absolute atomic E-state index is 0.0138. The predicted molar refractivity (Wildman–Crippen MR) is 54.1 cm³/mol. The number of halogens is 1. The van der Waals surface area contributed by atoms with Gasteiger partial charge in [-0.1, -0.05) is 6.92 Å². The molecular weight excluding hydrogens is 204 g/mol. The number of likely N-dealkylation sites (N-methyl/N-ethyl adjacent to an activating group) is 1. The Labute approximate surface area is 88.6 Å². The van der Waals surface area contributed by atoms with Gasteiger partial charge >= 0.3 is 0 Å². The van der Waals surface area contributed by atoms with Crippen LogP contribution in [0.5, 0.6) is 0 Å². The van der Waals surface area contributed by atoms with Gasteiger partial charge in [0.1, 0.15) is 6.04 Å². The van der Waals surface area contributed by atoms with Gasteiger partial charge < -0.3 is 10.2 Å². The summed E-state index contributed by atoms with van der Waals surface area (Å²) < 4.78 is 0. The molecule has 1 aliphatic rings. The predicted octanol–water partition coefficient (Wildman–Crippen LogP) is 0.208. The Kier molecular flexibility index (Phi) is 3.75. The second kappa shape index (κ2) is 4.64. The fraction of sp³-hybridized carbons (Fsp3) is 0.778. The van der Waals surface area contributed by atoms with Gasteiger partial charge in [-0.05, 0) is 6.42 Å². The van der Waals surface area contributed by atoms with E-state index < -0.39 is 0 Å². The summed E-state index contributed by atoms with van der Waals surface area (Å²) in [6.07, 6.45) is 0.691. The van der Waals surface area contributed by atoms with Crippen LogP contribution < -0.4 is 5.32 Å². The van der Waals surface area contributed by atoms with Crippen molar-refractivity contribution in [3.63, 3.8) is 0 Å². The van der Waals surface area contributed by atoms with E-state index >= 15 is 0 Å². The third-order valence-corrected chi connectivity index (χ3v) is 2.89. The largest absolute Gasteiger partial charge is 0.344 e. The molecule has 4 nitrogen and oxygen atoms in total. The molecule has 1 heterocycles. The van der Waals surface area contributed by atoms with E-state index in [2.05, 4.69) is 5.32 Å². The molecule has 5 heteroatoms. The van der Waals surface area contributed by atoms with Crippen LogP contribution in [0.3, 0.4) is 0 Å². The molecule has 0 saturated carbocycles. The maximum Gasteiger partial charge on any atom is 0.244 e. The molecule has 0 radical (unpaired) electrons. The zero-order chi connectivity index (χ0) is 10.7. The van der Waals surface area contributed by atoms with Crippen LogP contribution in [0.15, 0.2) is 0 Å². The number of carbonyl (C=O) groups excluding carboxylic acids is 2. The number of hydrogen-bond donors (Lipinski definition) is 1. The van der Waals surface area contributed by atoms with Crippen molar-refractivity contribution in [3.05, 3.63) is 0 Å². The van der Waals surface area contributed by atoms with Gasteiger partial charge in [0.15, 0.2) is 0 Å². The molecule has 0 aromatic carbocycles. The highest BCUT2D eigenvalue weighted by Gasteiger charge is 2.30. The number of rotatable bonds is 3. The van der Waals surface area contributed by atoms with Crippen molar-refractivity contribution in [2.45, 2.75) is 19.4 Å². The standard InChI is InChI=1S/C9H15ClN2O2/c1-6(5-10)8(13)11-7-3-4-12(2)9(7)14/h6-7H,3-5H2,1-2H3,(H,11,13). The van der Waals surface area contributed by atoms with Gasteiger partial charge in [0.2, 0.25) is 11.8 Å². The first-order chi connectivity index (χ1) is 6.56. The smallest absolute Gasteiger partial charge is 0.244 e. The average molecular weight is 219 g/mol. The summed E-state index contributed by atoms with van der Waals surface area (Å²) in [6.45, 7) is 2.45. The average Bonchev–Trinajstić information content (AvgIpc) is 2.48. The zero-order valence-corrected chi connectivity index (χ0v) is 9.17. The van der Waals surface area contributed by atoms with Gasteiger partial charge in [-0.3, -0.25) is 9.59 Å². The SMILES string of the molecule is CC(CCl)C(=O)NC1CCN(C)C1=O. The molecule has 1 fully saturated rings. The first kappa shape index (κ1) is 11.3. The second-order valence-electron chi connectivity index (χ2n) is 3.66. The third kappa shape index (κ3) is 2.38. The lowest BCUT2D eigenvalue weighted by molar-refractivity contribution is -0.132. The van der Waals surface area contributed by atoms with Gasteiger partial charge in [-0.2, -0.15) is 0 Å². The van der Waals surface area contributed by atoms with E-state index in [0.717, 1.165) is 0 Å². The van der Waals surface area contributed by atoms with Crippen LogP contribution >= 0.6 is 11.6 Å². The number of nitrogens with one attached hydrogen (secondary N) is 1. The second-order valence-corrected chi connectivity index (χ2v) is 3.97. The highest BCUT2D eigenvalue weighted by atomic mass is 35.5. The summed E-state index contributed by atoms with van der Waals surface area (Å²) in [5.74, 6) is -0.119. The molecule has 0 bridgehead atoms. The van der Waals surface area contributed by atoms with Gasteiger partial charge in [0.25, 0.3) is 0 Å². The molecule has 0 spiro atoms. The van der Waals surface area contributed by atoms with Crippen LogP contribution in [0, 0.1) is 5.92 Å². The molecule has 1 aliphatic heterocycles. The lowest BCUT2D eigenvalue weighted by Gasteiger charge is -2.14. The van der Waals surface area contributed by atoms with E-state index in [4.69, 9.17) is 11.6 Å². The molecule has 1 rings (SSSR count). The van der Waals surface area contributed by atoms with E-state index in [0.29, 0.717) is 13.0 Å². The van der Waals surface area contributed by atoms with Gasteiger partial charge in [0, 0.05) is 25.4 Å². The fourth-order valence-corrected chi connectivity index (χ4v) is 1.48. The Balaban J connectivity index is 2.45. The van der Waals surface area contributed by atoms with Crippen LogP contribution in [0.1, 0.15) is 13.3 Å². The molecule has 14 heavy (non-hydrogen) atoms. The van der Waals surface area contributed by atoms with Crippen molar-refractivity contribution in [2.24, 2.45) is 5.92 Å². The Hall–Kier alpha value is -0.770. The molecule has 2 unspecified atom stereocenters. The van der Waals surface area contributed by atoms with Gasteiger partial charge in [-0.25, -0.2) is 0 Å². The molecule has 0 aromatic rings. The molecule has 2 amide bonds. The number of amides is 2. The van der Waals surface area contributed by atoms with Gasteiger partial charge in [0.05, 0.1) is 0 Å². The number of likely N-dealkylation sites (tertiary alicyclic amines) is 1. The summed E-state index contributed by atoms with van der Waals surface area (Å²) in [5, 5.41) is 2.70. The van der Waals surface area contributed by atoms with Crippen LogP contribution in [-0.2, 0) is 9.59 Å². The van der Waals surface area contributed by atoms with Gasteiger partial charge in [-0.15, -0.1) is 11.6 Å². The first-order valence-electron chi connectivity index (χ1n) is 4.67. The Morgan fingerprint density at radius 3 is 2.86 bits per heavy atom. The highest BCUT2D eigenvalue weighted by Crippen LogP contribution is 2.09. The Morgan fingerprint density at radius 2 is 2.43 bits per heavy atom. The minimum atomic E-state index is -0.349. The molecule has 80 valence electrons. The summed E-state index contributed by atoms with van der Waals surface area (Å²) >= 11 is 5.54. The summed E-state index contributed by atoms with van der Waals surface area (Å²) in [5.41, 5.74) is 0. The normalized spacial score (nSPS) is 23.8. The van der Waals surface area contributed by atoms with Crippen molar-refractivity contribution >= 4 is 23.4 Å². The van der Waals surface area contributed by atoms with E-state index in [9.17, 15) is 9.59 Å². The summed E-state index contributed by atoms with van der Waals surface area (Å²) in [4.78, 5) is 24.5. The van der Waals surface area contributed by atoms with Crippen molar-refractivity contribution in [2.75, 3.05) is 19.5 Å². The fourth-order valence-electron chi connectivity index (χ4n) is 1.34. The van der Waals surface area contributed by atoms with Crippen molar-refractivity contribution in [1.82, 2.24) is 10.2 Å². The number of nitrogens with zero attached hydrogens (tertiary/aromatic N) is 1.